The van der Waals surface area contributed by atoms with Gasteiger partial charge in [0.15, 0.2) is 0 Å². The third-order valence-electron chi connectivity index (χ3n) is 5.54. The molecule has 0 aliphatic heterocycles. The van der Waals surface area contributed by atoms with Crippen molar-refractivity contribution in [3.63, 3.8) is 0 Å². The molecule has 2 atom stereocenters. The predicted octanol–water partition coefficient (Wildman–Crippen LogP) is 5.36. The largest absolute Gasteiger partial charge is 0.394 e. The molecule has 0 saturated carbocycles. The van der Waals surface area contributed by atoms with Gasteiger partial charge in [0, 0.05) is 18.6 Å². The number of rotatable bonds is 18. The molecular formula is C25H40N2O5. The number of carbonyl (C=O) groups is 1. The molecule has 0 bridgehead atoms. The highest BCUT2D eigenvalue weighted by molar-refractivity contribution is 5.76. The maximum absolute atomic E-state index is 12.2. The van der Waals surface area contributed by atoms with Gasteiger partial charge in [0.1, 0.15) is 6.10 Å². The molecule has 0 aromatic heterocycles. The zero-order valence-electron chi connectivity index (χ0n) is 19.4. The quantitative estimate of drug-likeness (QED) is 0.121. The van der Waals surface area contributed by atoms with Crippen LogP contribution < -0.4 is 5.32 Å². The van der Waals surface area contributed by atoms with E-state index < -0.39 is 23.7 Å². The van der Waals surface area contributed by atoms with Crippen LogP contribution in [0.2, 0.25) is 0 Å². The fraction of sp³-hybridized carbons (Fsp3) is 0.640. The topological polar surface area (TPSA) is 113 Å². The standard InChI is InChI=1S/C25H40N2O5/c1-2-3-4-5-6-7-8-9-10-11-12-13-14-15-24(29)26-23(20-28)25(30)21-16-18-22(19-17-21)27(31)32/h7-8,16-19,23,25,28,30H,2-6,9-15,20H2,1H3,(H,26,29)/b8-7+/t23-,25+/m1/s1. The lowest BCUT2D eigenvalue weighted by Crippen LogP contribution is -2.41. The maximum atomic E-state index is 12.2. The molecule has 1 aromatic rings. The van der Waals surface area contributed by atoms with Crippen molar-refractivity contribution in [1.82, 2.24) is 5.32 Å². The lowest BCUT2D eigenvalue weighted by atomic mass is 10.0. The van der Waals surface area contributed by atoms with Crippen molar-refractivity contribution in [2.75, 3.05) is 6.61 Å². The molecule has 0 heterocycles. The minimum atomic E-state index is -1.13. The molecule has 0 fully saturated rings. The van der Waals surface area contributed by atoms with Gasteiger partial charge in [-0.3, -0.25) is 14.9 Å². The summed E-state index contributed by atoms with van der Waals surface area (Å²) < 4.78 is 0. The number of hydrogen-bond donors (Lipinski definition) is 3. The van der Waals surface area contributed by atoms with Gasteiger partial charge in [-0.1, -0.05) is 57.6 Å². The Morgan fingerprint density at radius 2 is 1.56 bits per heavy atom. The van der Waals surface area contributed by atoms with Gasteiger partial charge >= 0.3 is 0 Å². The maximum Gasteiger partial charge on any atom is 0.269 e. The second kappa shape index (κ2) is 17.3. The lowest BCUT2D eigenvalue weighted by Gasteiger charge is -2.22. The van der Waals surface area contributed by atoms with Crippen molar-refractivity contribution in [2.45, 2.75) is 96.1 Å². The molecular weight excluding hydrogens is 408 g/mol. The number of aliphatic hydroxyl groups excluding tert-OH is 2. The van der Waals surface area contributed by atoms with Crippen LogP contribution in [0.5, 0.6) is 0 Å². The van der Waals surface area contributed by atoms with Crippen molar-refractivity contribution >= 4 is 11.6 Å². The smallest absolute Gasteiger partial charge is 0.269 e. The third-order valence-corrected chi connectivity index (χ3v) is 5.54. The van der Waals surface area contributed by atoms with Crippen molar-refractivity contribution < 1.29 is 19.9 Å². The van der Waals surface area contributed by atoms with E-state index >= 15 is 0 Å². The SMILES string of the molecule is CCCCCC/C=C/CCCCCCCC(=O)N[C@H](CO)[C@@H](O)c1ccc([N+](=O)[O-])cc1. The molecule has 7 heteroatoms. The number of nitro benzene ring substituents is 1. The summed E-state index contributed by atoms with van der Waals surface area (Å²) in [6, 6.07) is 4.59. The van der Waals surface area contributed by atoms with E-state index in [0.29, 0.717) is 12.0 Å². The first-order valence-electron chi connectivity index (χ1n) is 12.0. The first-order valence-corrected chi connectivity index (χ1v) is 12.0. The Balaban J connectivity index is 2.16. The molecule has 1 amide bonds. The average Bonchev–Trinajstić information content (AvgIpc) is 2.80. The second-order valence-electron chi connectivity index (χ2n) is 8.28. The molecule has 0 unspecified atom stereocenters. The predicted molar refractivity (Wildman–Crippen MR) is 127 cm³/mol. The van der Waals surface area contributed by atoms with Crippen molar-refractivity contribution in [1.29, 1.82) is 0 Å². The number of unbranched alkanes of at least 4 members (excludes halogenated alkanes) is 9. The monoisotopic (exact) mass is 448 g/mol. The van der Waals surface area contributed by atoms with Crippen LogP contribution in [-0.2, 0) is 4.79 Å². The molecule has 0 saturated heterocycles. The number of nitro groups is 1. The van der Waals surface area contributed by atoms with Crippen LogP contribution in [0.15, 0.2) is 36.4 Å². The van der Waals surface area contributed by atoms with Crippen LogP contribution >= 0.6 is 0 Å². The highest BCUT2D eigenvalue weighted by Crippen LogP contribution is 2.20. The molecule has 0 aliphatic carbocycles. The molecule has 0 spiro atoms. The number of aliphatic hydroxyl groups is 2. The van der Waals surface area contributed by atoms with Gasteiger partial charge in [0.05, 0.1) is 17.6 Å². The number of nitrogens with one attached hydrogen (secondary N) is 1. The van der Waals surface area contributed by atoms with E-state index in [0.717, 1.165) is 32.1 Å². The van der Waals surface area contributed by atoms with E-state index in [-0.39, 0.29) is 11.6 Å². The highest BCUT2D eigenvalue weighted by atomic mass is 16.6. The lowest BCUT2D eigenvalue weighted by molar-refractivity contribution is -0.384. The summed E-state index contributed by atoms with van der Waals surface area (Å²) in [5.74, 6) is -0.212. The minimum Gasteiger partial charge on any atom is -0.394 e. The Morgan fingerprint density at radius 3 is 2.12 bits per heavy atom. The van der Waals surface area contributed by atoms with Crippen LogP contribution in [0.4, 0.5) is 5.69 Å². The highest BCUT2D eigenvalue weighted by Gasteiger charge is 2.22. The van der Waals surface area contributed by atoms with Gasteiger partial charge in [-0.25, -0.2) is 0 Å². The average molecular weight is 449 g/mol. The van der Waals surface area contributed by atoms with Gasteiger partial charge < -0.3 is 15.5 Å². The Kier molecular flexibility index (Phi) is 15.0. The Morgan fingerprint density at radius 1 is 1.00 bits per heavy atom. The van der Waals surface area contributed by atoms with E-state index in [1.54, 1.807) is 0 Å². The number of hydrogen-bond acceptors (Lipinski definition) is 5. The Labute approximate surface area is 192 Å². The minimum absolute atomic E-state index is 0.0797. The fourth-order valence-electron chi connectivity index (χ4n) is 3.53. The summed E-state index contributed by atoms with van der Waals surface area (Å²) in [5, 5.41) is 33.3. The summed E-state index contributed by atoms with van der Waals surface area (Å²) in [5.41, 5.74) is 0.328. The first kappa shape index (κ1) is 27.8. The number of nitrogens with zero attached hydrogens (tertiary/aromatic N) is 1. The summed E-state index contributed by atoms with van der Waals surface area (Å²) in [6.07, 6.45) is 16.5. The van der Waals surface area contributed by atoms with Crippen LogP contribution in [0.1, 0.15) is 95.6 Å². The number of carbonyl (C=O) groups excluding carboxylic acids is 1. The molecule has 7 nitrogen and oxygen atoms in total. The molecule has 1 aromatic carbocycles. The van der Waals surface area contributed by atoms with E-state index in [2.05, 4.69) is 24.4 Å². The van der Waals surface area contributed by atoms with Gasteiger partial charge in [0.25, 0.3) is 5.69 Å². The molecule has 1 rings (SSSR count). The molecule has 0 aliphatic rings. The summed E-state index contributed by atoms with van der Waals surface area (Å²) >= 11 is 0. The number of benzene rings is 1. The summed E-state index contributed by atoms with van der Waals surface area (Å²) in [6.45, 7) is 1.80. The Bertz CT molecular complexity index is 675. The first-order chi connectivity index (χ1) is 15.5. The number of amides is 1. The number of non-ortho nitro benzene ring substituents is 1. The van der Waals surface area contributed by atoms with Gasteiger partial charge in [-0.05, 0) is 49.8 Å². The molecule has 0 radical (unpaired) electrons. The zero-order chi connectivity index (χ0) is 23.6. The second-order valence-corrected chi connectivity index (χ2v) is 8.28. The fourth-order valence-corrected chi connectivity index (χ4v) is 3.53. The Hall–Kier alpha value is -2.25. The molecule has 3 N–H and O–H groups in total. The van der Waals surface area contributed by atoms with Gasteiger partial charge in [-0.15, -0.1) is 0 Å². The van der Waals surface area contributed by atoms with Gasteiger partial charge in [-0.2, -0.15) is 0 Å². The van der Waals surface area contributed by atoms with Crippen molar-refractivity contribution in [3.8, 4) is 0 Å². The summed E-state index contributed by atoms with van der Waals surface area (Å²) in [4.78, 5) is 22.4. The molecule has 32 heavy (non-hydrogen) atoms. The van der Waals surface area contributed by atoms with Crippen LogP contribution in [-0.4, -0.2) is 33.7 Å². The third kappa shape index (κ3) is 12.0. The zero-order valence-corrected chi connectivity index (χ0v) is 19.4. The van der Waals surface area contributed by atoms with E-state index in [1.165, 1.54) is 62.8 Å². The molecule has 180 valence electrons. The number of allylic oxidation sites excluding steroid dienone is 2. The van der Waals surface area contributed by atoms with E-state index in [4.69, 9.17) is 0 Å². The summed E-state index contributed by atoms with van der Waals surface area (Å²) in [7, 11) is 0. The van der Waals surface area contributed by atoms with Crippen LogP contribution in [0, 0.1) is 10.1 Å². The van der Waals surface area contributed by atoms with Crippen molar-refractivity contribution in [3.05, 3.63) is 52.1 Å². The van der Waals surface area contributed by atoms with E-state index in [9.17, 15) is 25.1 Å². The van der Waals surface area contributed by atoms with Crippen LogP contribution in [0.3, 0.4) is 0 Å². The van der Waals surface area contributed by atoms with Crippen LogP contribution in [0.25, 0.3) is 0 Å². The normalized spacial score (nSPS) is 13.2. The van der Waals surface area contributed by atoms with Crippen molar-refractivity contribution in [2.24, 2.45) is 0 Å². The van der Waals surface area contributed by atoms with E-state index in [1.807, 2.05) is 0 Å². The van der Waals surface area contributed by atoms with Gasteiger partial charge in [0.2, 0.25) is 5.91 Å².